The average Bonchev–Trinajstić information content (AvgIpc) is 1.62. The molecule has 2 aromatic carbocycles. The quantitative estimate of drug-likeness (QED) is 0.0531. The number of aryl methyl sites for hydroxylation is 2. The molecule has 2 aromatic heterocycles. The maximum absolute atomic E-state index is 15.0. The molecule has 26 nitrogen and oxygen atoms in total. The molecule has 0 bridgehead atoms. The van der Waals surface area contributed by atoms with Gasteiger partial charge in [-0.2, -0.15) is 36.3 Å². The first-order valence-corrected chi connectivity index (χ1v) is 45.4. The van der Waals surface area contributed by atoms with Crippen LogP contribution in [0.25, 0.3) is 21.5 Å². The van der Waals surface area contributed by atoms with E-state index >= 15 is 0 Å². The van der Waals surface area contributed by atoms with Crippen molar-refractivity contribution in [2.45, 2.75) is 268 Å². The van der Waals surface area contributed by atoms with E-state index in [1.807, 2.05) is 62.4 Å². The molecule has 2 N–H and O–H groups in total. The minimum absolute atomic E-state index is 0.00991. The normalized spacial score (nSPS) is 29.8. The van der Waals surface area contributed by atoms with Gasteiger partial charge in [-0.25, -0.2) is 16.8 Å². The number of nitrogens with one attached hydrogen (secondary N) is 2. The molecule has 668 valence electrons. The Balaban J connectivity index is 0.000000210. The Kier molecular flexibility index (Phi) is 25.5. The van der Waals surface area contributed by atoms with E-state index in [2.05, 4.69) is 9.44 Å². The highest BCUT2D eigenvalue weighted by Crippen LogP contribution is 2.60. The van der Waals surface area contributed by atoms with Gasteiger partial charge in [0, 0.05) is 47.6 Å². The predicted molar refractivity (Wildman–Crippen MR) is 434 cm³/mol. The minimum atomic E-state index is -4.87. The molecule has 4 amide bonds. The zero-order valence-corrected chi connectivity index (χ0v) is 72.8. The van der Waals surface area contributed by atoms with Crippen LogP contribution >= 0.6 is 0 Å². The number of esters is 2. The van der Waals surface area contributed by atoms with Crippen LogP contribution in [0.2, 0.25) is 0 Å². The van der Waals surface area contributed by atoms with Gasteiger partial charge >= 0.3 is 24.3 Å². The number of methoxy groups -OCH3 is 2. The van der Waals surface area contributed by atoms with Crippen molar-refractivity contribution in [2.24, 2.45) is 58.2 Å². The molecule has 122 heavy (non-hydrogen) atoms. The molecule has 6 aliphatic heterocycles. The molecule has 4 aromatic rings. The molecule has 2 saturated heterocycles. The Morgan fingerprint density at radius 2 is 0.918 bits per heavy atom. The molecule has 4 aliphatic carbocycles. The monoisotopic (exact) mass is 1750 g/mol. The number of ether oxygens (including phenoxy) is 8. The molecule has 14 atom stereocenters. The molecule has 34 heteroatoms. The zero-order valence-electron chi connectivity index (χ0n) is 71.1. The maximum atomic E-state index is 15.0. The number of Topliss-reactive ketones (excluding diaryl/α,β-unsaturated/α-hetero) is 2. The summed E-state index contributed by atoms with van der Waals surface area (Å²) in [5, 5.41) is 2.91. The van der Waals surface area contributed by atoms with E-state index < -0.39 is 184 Å². The first-order chi connectivity index (χ1) is 57.2. The van der Waals surface area contributed by atoms with Crippen LogP contribution in [0.15, 0.2) is 60.7 Å². The van der Waals surface area contributed by atoms with Gasteiger partial charge in [-0.15, -0.1) is 0 Å². The van der Waals surface area contributed by atoms with E-state index in [9.17, 15) is 81.5 Å². The summed E-state index contributed by atoms with van der Waals surface area (Å²) in [6, 6.07) is 8.49. The van der Waals surface area contributed by atoms with Crippen molar-refractivity contribution in [2.75, 3.05) is 40.5 Å². The summed E-state index contributed by atoms with van der Waals surface area (Å²) < 4.78 is 185. The van der Waals surface area contributed by atoms with Gasteiger partial charge in [0.2, 0.25) is 78.4 Å². The number of hydrogen-bond donors (Lipinski definition) is 2. The lowest BCUT2D eigenvalue weighted by Gasteiger charge is -2.33. The number of hydrogen-bond acceptors (Lipinski definition) is 22. The van der Waals surface area contributed by atoms with E-state index in [1.54, 1.807) is 54.0 Å². The molecule has 0 unspecified atom stereocenters. The van der Waals surface area contributed by atoms with Crippen LogP contribution in [0.1, 0.15) is 209 Å². The van der Waals surface area contributed by atoms with Crippen LogP contribution < -0.4 is 37.9 Å². The number of halogens is 6. The Morgan fingerprint density at radius 1 is 0.549 bits per heavy atom. The molecular formula is C88H112F6N6O20S2. The molecule has 8 heterocycles. The number of amides is 4. The standard InChI is InChI=1S/2C44H56F3N3O10S/c2*1-25-10-7-8-11-27-22-43(27,40(54)49-61(55,56)42(5)15-16-42)23-35(51)34-20-29(59-38-31-14-13-28(57-6)19-33(31)30-12-9-17-58-37(30)48-38)24-50(34)39(53)32(26(2)18-25)21-36(52)60-41(3,4)44(45,46)47/h2*8,11,13-14,19,25-27,29,32,34H,7,9-10,12,15-18,20-24H2,1-6H3,(H,49,54)/b2*11-8-/t25-,26+,27+,29+,32-,34-,43+;25-,26-,27-,29-,32+,34+,43-/m01/s1. The lowest BCUT2D eigenvalue weighted by Crippen LogP contribution is -2.48. The summed E-state index contributed by atoms with van der Waals surface area (Å²) in [4.78, 5) is 126. The van der Waals surface area contributed by atoms with Crippen molar-refractivity contribution >= 4 is 88.7 Å². The summed E-state index contributed by atoms with van der Waals surface area (Å²) in [5.41, 5.74) is -6.65. The SMILES string of the molecule is COc1ccc2c(O[C@@H]3C[C@H]4C(=O)C[C@]5(C(=O)NS(=O)(=O)C6(C)CC6)C[C@H]5/C=C\CC[C@@H](C)C[C@@H](C)[C@H](CC(=O)OC(C)(C)C(F)(F)F)C(=O)N4C3)nc3c(c2c1)CCCO3.COc1ccc2c(O[C@@H]3C[C@H]4C(=O)C[C@]5(C(=O)NS(=O)(=O)C6(C)CC6)C[C@H]5/C=C\CC[C@H](C)C[C@@H](C)[C@H](CC(=O)OC(C)(C)C(F)(F)F)C(=O)N4C3)nc3c(c2c1)CCCO3. The first-order valence-electron chi connectivity index (χ1n) is 42.5. The van der Waals surface area contributed by atoms with Crippen molar-refractivity contribution in [3.05, 3.63) is 71.8 Å². The smallest absolute Gasteiger partial charge is 0.427 e. The van der Waals surface area contributed by atoms with Gasteiger partial charge in [0.25, 0.3) is 0 Å². The fourth-order valence-electron chi connectivity index (χ4n) is 18.2. The number of ketones is 2. The summed E-state index contributed by atoms with van der Waals surface area (Å²) in [7, 11) is -4.97. The number of nitrogens with zero attached hydrogens (tertiary/aromatic N) is 4. The number of sulfonamides is 2. The molecule has 14 rings (SSSR count). The van der Waals surface area contributed by atoms with Gasteiger partial charge in [-0.05, 0) is 227 Å². The van der Waals surface area contributed by atoms with Crippen molar-refractivity contribution in [1.29, 1.82) is 0 Å². The highest BCUT2D eigenvalue weighted by Gasteiger charge is 2.65. The molecule has 4 saturated carbocycles. The summed E-state index contributed by atoms with van der Waals surface area (Å²) in [6.07, 6.45) is 2.36. The second-order valence-corrected chi connectivity index (χ2v) is 41.7. The first kappa shape index (κ1) is 90.9. The number of fused-ring (bicyclic) bond motifs is 10. The average molecular weight is 1750 g/mol. The van der Waals surface area contributed by atoms with Gasteiger partial charge in [-0.1, -0.05) is 52.0 Å². The van der Waals surface area contributed by atoms with Crippen LogP contribution in [0.3, 0.4) is 0 Å². The van der Waals surface area contributed by atoms with Crippen molar-refractivity contribution in [3.8, 4) is 35.0 Å². The lowest BCUT2D eigenvalue weighted by atomic mass is 9.82. The number of alkyl halides is 6. The maximum Gasteiger partial charge on any atom is 0.427 e. The molecule has 10 aliphatic rings. The van der Waals surface area contributed by atoms with Crippen LogP contribution in [-0.2, 0) is 80.7 Å². The number of carbonyl (C=O) groups excluding carboxylic acids is 8. The van der Waals surface area contributed by atoms with Crippen LogP contribution in [0.4, 0.5) is 26.3 Å². The van der Waals surface area contributed by atoms with Gasteiger partial charge in [0.15, 0.2) is 11.6 Å². The Morgan fingerprint density at radius 3 is 1.26 bits per heavy atom. The number of benzene rings is 2. The fourth-order valence-corrected chi connectivity index (χ4v) is 20.9. The third-order valence-corrected chi connectivity index (χ3v) is 31.5. The summed E-state index contributed by atoms with van der Waals surface area (Å²) in [6.45, 7) is 14.2. The van der Waals surface area contributed by atoms with E-state index in [-0.39, 0.29) is 75.2 Å². The third kappa shape index (κ3) is 18.9. The number of rotatable bonds is 18. The van der Waals surface area contributed by atoms with Crippen LogP contribution in [0, 0.1) is 58.2 Å². The van der Waals surface area contributed by atoms with Gasteiger partial charge in [0.05, 0.1) is 97.6 Å². The number of carbonyl (C=O) groups is 8. The Hall–Kier alpha value is -8.82. The second kappa shape index (κ2) is 34.3. The number of pyridine rings is 2. The van der Waals surface area contributed by atoms with Gasteiger partial charge in [-0.3, -0.25) is 47.8 Å². The highest BCUT2D eigenvalue weighted by atomic mass is 32.2. The largest absolute Gasteiger partial charge is 0.497 e. The van der Waals surface area contributed by atoms with E-state index in [0.29, 0.717) is 124 Å². The van der Waals surface area contributed by atoms with Crippen molar-refractivity contribution in [1.82, 2.24) is 29.2 Å². The highest BCUT2D eigenvalue weighted by molar-refractivity contribution is 7.92. The lowest BCUT2D eigenvalue weighted by molar-refractivity contribution is -0.257. The number of aromatic nitrogens is 2. The molecule has 0 radical (unpaired) electrons. The van der Waals surface area contributed by atoms with Crippen LogP contribution in [0.5, 0.6) is 35.0 Å². The summed E-state index contributed by atoms with van der Waals surface area (Å²) >= 11 is 0. The van der Waals surface area contributed by atoms with Gasteiger partial charge < -0.3 is 47.7 Å². The molecular weight excluding hydrogens is 1640 g/mol. The van der Waals surface area contributed by atoms with Crippen molar-refractivity contribution in [3.63, 3.8) is 0 Å². The fraction of sp³-hybridized carbons (Fsp3) is 0.659. The van der Waals surface area contributed by atoms with E-state index in [0.717, 1.165) is 62.4 Å². The van der Waals surface area contributed by atoms with E-state index in [4.69, 9.17) is 47.9 Å². The topological polar surface area (TPSA) is 335 Å². The Bertz CT molecular complexity index is 4760. The zero-order chi connectivity index (χ0) is 88.6. The third-order valence-electron chi connectivity index (χ3n) is 27.1. The van der Waals surface area contributed by atoms with Gasteiger partial charge in [0.1, 0.15) is 23.7 Å². The van der Waals surface area contributed by atoms with Crippen LogP contribution in [-0.4, -0.2) is 182 Å². The predicted octanol–water partition coefficient (Wildman–Crippen LogP) is 13.6. The number of allylic oxidation sites excluding steroid dienone is 4. The molecule has 0 spiro atoms. The van der Waals surface area contributed by atoms with E-state index in [1.165, 1.54) is 9.80 Å². The Labute approximate surface area is 707 Å². The summed E-state index contributed by atoms with van der Waals surface area (Å²) in [5.74, 6) is -8.09. The van der Waals surface area contributed by atoms with Crippen molar-refractivity contribution < 1.29 is 119 Å². The minimum Gasteiger partial charge on any atom is -0.497 e. The second-order valence-electron chi connectivity index (χ2n) is 37.3. The molecule has 6 fully saturated rings.